The first kappa shape index (κ1) is 12.0. The van der Waals surface area contributed by atoms with Gasteiger partial charge in [-0.1, -0.05) is 0 Å². The standard InChI is InChI=1S/C6H8F3N3O2S/c1-4-5(2-10-12-4)3-11-15(13,14)6(7,8)9/h2,11H,3H2,1H3,(H,10,12). The fraction of sp³-hybridized carbons (Fsp3) is 0.500. The van der Waals surface area contributed by atoms with Gasteiger partial charge in [0.2, 0.25) is 0 Å². The van der Waals surface area contributed by atoms with Gasteiger partial charge in [-0.25, -0.2) is 13.1 Å². The summed E-state index contributed by atoms with van der Waals surface area (Å²) in [5, 5.41) is 6.02. The number of nitrogens with zero attached hydrogens (tertiary/aromatic N) is 1. The van der Waals surface area contributed by atoms with Gasteiger partial charge in [-0.2, -0.15) is 18.3 Å². The summed E-state index contributed by atoms with van der Waals surface area (Å²) in [5.41, 5.74) is -4.41. The van der Waals surface area contributed by atoms with Crippen LogP contribution in [0, 0.1) is 6.92 Å². The molecule has 0 amide bonds. The highest BCUT2D eigenvalue weighted by atomic mass is 32.2. The van der Waals surface area contributed by atoms with Crippen LogP contribution >= 0.6 is 0 Å². The molecule has 86 valence electrons. The minimum atomic E-state index is -5.29. The van der Waals surface area contributed by atoms with Gasteiger partial charge in [0.15, 0.2) is 0 Å². The molecule has 0 bridgehead atoms. The van der Waals surface area contributed by atoms with Crippen LogP contribution in [0.15, 0.2) is 6.20 Å². The Morgan fingerprint density at radius 3 is 2.53 bits per heavy atom. The number of rotatable bonds is 3. The lowest BCUT2D eigenvalue weighted by Crippen LogP contribution is -2.36. The smallest absolute Gasteiger partial charge is 0.283 e. The van der Waals surface area contributed by atoms with E-state index in [2.05, 4.69) is 10.2 Å². The van der Waals surface area contributed by atoms with E-state index in [0.717, 1.165) is 0 Å². The van der Waals surface area contributed by atoms with Crippen molar-refractivity contribution in [3.63, 3.8) is 0 Å². The third-order valence-electron chi connectivity index (χ3n) is 1.69. The monoisotopic (exact) mass is 243 g/mol. The maximum Gasteiger partial charge on any atom is 0.511 e. The number of aryl methyl sites for hydroxylation is 1. The Morgan fingerprint density at radius 1 is 1.53 bits per heavy atom. The van der Waals surface area contributed by atoms with E-state index in [4.69, 9.17) is 0 Å². The van der Waals surface area contributed by atoms with E-state index in [1.807, 2.05) is 0 Å². The molecule has 5 nitrogen and oxygen atoms in total. The second-order valence-corrected chi connectivity index (χ2v) is 4.55. The first-order chi connectivity index (χ1) is 6.74. The Morgan fingerprint density at radius 2 is 2.13 bits per heavy atom. The lowest BCUT2D eigenvalue weighted by Gasteiger charge is -2.08. The Bertz CT molecular complexity index is 437. The number of hydrogen-bond donors (Lipinski definition) is 2. The van der Waals surface area contributed by atoms with Crippen molar-refractivity contribution in [2.24, 2.45) is 0 Å². The van der Waals surface area contributed by atoms with E-state index in [1.165, 1.54) is 10.9 Å². The van der Waals surface area contributed by atoms with E-state index < -0.39 is 22.1 Å². The molecule has 1 aromatic heterocycles. The van der Waals surface area contributed by atoms with Gasteiger partial charge >= 0.3 is 15.5 Å². The summed E-state index contributed by atoms with van der Waals surface area (Å²) in [6, 6.07) is 0. The van der Waals surface area contributed by atoms with E-state index in [1.54, 1.807) is 6.92 Å². The average molecular weight is 243 g/mol. The number of aromatic amines is 1. The Balaban J connectivity index is 2.71. The molecule has 0 radical (unpaired) electrons. The fourth-order valence-corrected chi connectivity index (χ4v) is 1.32. The van der Waals surface area contributed by atoms with Gasteiger partial charge in [-0.05, 0) is 6.92 Å². The molecule has 0 fully saturated rings. The highest BCUT2D eigenvalue weighted by molar-refractivity contribution is 7.90. The predicted molar refractivity (Wildman–Crippen MR) is 45.1 cm³/mol. The highest BCUT2D eigenvalue weighted by Gasteiger charge is 2.45. The van der Waals surface area contributed by atoms with Crippen molar-refractivity contribution < 1.29 is 21.6 Å². The molecule has 9 heteroatoms. The molecule has 0 saturated heterocycles. The molecule has 1 heterocycles. The molecular formula is C6H8F3N3O2S. The van der Waals surface area contributed by atoms with E-state index in [-0.39, 0.29) is 0 Å². The summed E-state index contributed by atoms with van der Waals surface area (Å²) in [6.45, 7) is 1.13. The van der Waals surface area contributed by atoms with Crippen LogP contribution in [0.4, 0.5) is 13.2 Å². The molecule has 2 N–H and O–H groups in total. The first-order valence-electron chi connectivity index (χ1n) is 3.79. The second kappa shape index (κ2) is 3.81. The fourth-order valence-electron chi connectivity index (χ4n) is 0.808. The summed E-state index contributed by atoms with van der Waals surface area (Å²) >= 11 is 0. The second-order valence-electron chi connectivity index (χ2n) is 2.79. The molecule has 0 spiro atoms. The van der Waals surface area contributed by atoms with Gasteiger partial charge < -0.3 is 0 Å². The molecule has 1 aromatic rings. The van der Waals surface area contributed by atoms with Crippen LogP contribution in [0.25, 0.3) is 0 Å². The van der Waals surface area contributed by atoms with Crippen LogP contribution in [-0.2, 0) is 16.6 Å². The summed E-state index contributed by atoms with van der Waals surface area (Å²) in [7, 11) is -5.28. The predicted octanol–water partition coefficient (Wildman–Crippen LogP) is 0.657. The lowest BCUT2D eigenvalue weighted by molar-refractivity contribution is -0.0448. The van der Waals surface area contributed by atoms with Crippen molar-refractivity contribution in [1.29, 1.82) is 0 Å². The molecule has 1 rings (SSSR count). The largest absolute Gasteiger partial charge is 0.511 e. The van der Waals surface area contributed by atoms with Crippen molar-refractivity contribution in [3.05, 3.63) is 17.5 Å². The summed E-state index contributed by atoms with van der Waals surface area (Å²) in [5.74, 6) is 0. The van der Waals surface area contributed by atoms with Gasteiger partial charge in [0.1, 0.15) is 0 Å². The van der Waals surface area contributed by atoms with Crippen LogP contribution in [-0.4, -0.2) is 24.1 Å². The number of H-pyrrole nitrogens is 1. The average Bonchev–Trinajstić information content (AvgIpc) is 2.46. The highest BCUT2D eigenvalue weighted by Crippen LogP contribution is 2.21. The summed E-state index contributed by atoms with van der Waals surface area (Å²) < 4.78 is 58.3. The number of nitrogens with one attached hydrogen (secondary N) is 2. The zero-order valence-electron chi connectivity index (χ0n) is 7.59. The van der Waals surface area contributed by atoms with E-state index in [9.17, 15) is 21.6 Å². The van der Waals surface area contributed by atoms with Crippen LogP contribution < -0.4 is 4.72 Å². The SMILES string of the molecule is Cc1[nH]ncc1CNS(=O)(=O)C(F)(F)F. The molecule has 0 aromatic carbocycles. The molecule has 0 saturated carbocycles. The van der Waals surface area contributed by atoms with E-state index in [0.29, 0.717) is 11.3 Å². The molecule has 0 atom stereocenters. The van der Waals surface area contributed by atoms with Gasteiger partial charge in [-0.3, -0.25) is 5.10 Å². The van der Waals surface area contributed by atoms with Gasteiger partial charge in [-0.15, -0.1) is 0 Å². The van der Waals surface area contributed by atoms with E-state index >= 15 is 0 Å². The van der Waals surface area contributed by atoms with Gasteiger partial charge in [0, 0.05) is 17.8 Å². The normalized spacial score (nSPS) is 13.1. The van der Waals surface area contributed by atoms with Crippen LogP contribution in [0.3, 0.4) is 0 Å². The number of alkyl halides is 3. The summed E-state index contributed by atoms with van der Waals surface area (Å²) in [6.07, 6.45) is 1.26. The van der Waals surface area contributed by atoms with Gasteiger partial charge in [0.05, 0.1) is 6.20 Å². The minimum absolute atomic E-state index is 0.364. The molecule has 0 aliphatic rings. The van der Waals surface area contributed by atoms with Crippen LogP contribution in [0.5, 0.6) is 0 Å². The molecule has 0 unspecified atom stereocenters. The molecule has 15 heavy (non-hydrogen) atoms. The van der Waals surface area contributed by atoms with Crippen molar-refractivity contribution in [2.45, 2.75) is 19.0 Å². The third kappa shape index (κ3) is 2.69. The molecular weight excluding hydrogens is 235 g/mol. The lowest BCUT2D eigenvalue weighted by atomic mass is 10.3. The van der Waals surface area contributed by atoms with Gasteiger partial charge in [0.25, 0.3) is 0 Å². The zero-order chi connectivity index (χ0) is 11.7. The number of hydrogen-bond acceptors (Lipinski definition) is 3. The van der Waals surface area contributed by atoms with Crippen molar-refractivity contribution in [3.8, 4) is 0 Å². The van der Waals surface area contributed by atoms with Crippen LogP contribution in [0.1, 0.15) is 11.3 Å². The molecule has 0 aliphatic heterocycles. The molecule has 0 aliphatic carbocycles. The third-order valence-corrected chi connectivity index (χ3v) is 2.83. The summed E-state index contributed by atoms with van der Waals surface area (Å²) in [4.78, 5) is 0. The Kier molecular flexibility index (Phi) is 3.05. The number of halogens is 3. The number of sulfonamides is 1. The van der Waals surface area contributed by atoms with Crippen molar-refractivity contribution in [2.75, 3.05) is 0 Å². The maximum absolute atomic E-state index is 11.9. The Labute approximate surface area is 83.7 Å². The zero-order valence-corrected chi connectivity index (χ0v) is 8.41. The first-order valence-corrected chi connectivity index (χ1v) is 5.27. The quantitative estimate of drug-likeness (QED) is 0.818. The number of aromatic nitrogens is 2. The van der Waals surface area contributed by atoms with Crippen molar-refractivity contribution in [1.82, 2.24) is 14.9 Å². The van der Waals surface area contributed by atoms with Crippen molar-refractivity contribution >= 4 is 10.0 Å². The minimum Gasteiger partial charge on any atom is -0.283 e. The van der Waals surface area contributed by atoms with Crippen LogP contribution in [0.2, 0.25) is 0 Å². The topological polar surface area (TPSA) is 74.8 Å². The maximum atomic E-state index is 11.9. The Hall–Kier alpha value is -1.09.